The first-order chi connectivity index (χ1) is 21.3. The Labute approximate surface area is 263 Å². The number of hydrogen-bond acceptors (Lipinski definition) is 4. The summed E-state index contributed by atoms with van der Waals surface area (Å²) in [5.74, 6) is 0.885. The molecule has 2 heterocycles. The minimum atomic E-state index is -0.208. The lowest BCUT2D eigenvalue weighted by Gasteiger charge is -2.37. The van der Waals surface area contributed by atoms with E-state index in [1.807, 2.05) is 30.5 Å². The van der Waals surface area contributed by atoms with E-state index in [4.69, 9.17) is 5.73 Å². The van der Waals surface area contributed by atoms with Crippen LogP contribution >= 0.6 is 0 Å². The molecule has 2 aliphatic heterocycles. The monoisotopic (exact) mass is 580 g/mol. The van der Waals surface area contributed by atoms with Crippen LogP contribution < -0.4 is 21.3 Å². The largest absolute Gasteiger partial charge is 0.403 e. The molecule has 3 aromatic rings. The van der Waals surface area contributed by atoms with Gasteiger partial charge in [-0.1, -0.05) is 124 Å². The molecule has 2 aliphatic rings. The van der Waals surface area contributed by atoms with Gasteiger partial charge < -0.3 is 16.4 Å². The Hall–Kier alpha value is -4.96. The Bertz CT molecular complexity index is 1630. The smallest absolute Gasteiger partial charge is 0.115 e. The molecule has 0 aromatic heterocycles. The third kappa shape index (κ3) is 6.98. The Kier molecular flexibility index (Phi) is 9.40. The SMILES string of the molecule is C=C/C=C(\NC(=C/N)/C(=C\C1Cc2ccccc2CC(=C)/C=C\C=C/N1)C(C)(C)C)N1c2ccccc2Cc2ccccc21. The van der Waals surface area contributed by atoms with Crippen LogP contribution in [-0.2, 0) is 19.3 Å². The Morgan fingerprint density at radius 1 is 0.886 bits per heavy atom. The maximum absolute atomic E-state index is 6.46. The van der Waals surface area contributed by atoms with Crippen molar-refractivity contribution >= 4 is 11.4 Å². The summed E-state index contributed by atoms with van der Waals surface area (Å²) in [5.41, 5.74) is 16.8. The minimum absolute atomic E-state index is 0.0291. The highest BCUT2D eigenvalue weighted by Crippen LogP contribution is 2.41. The van der Waals surface area contributed by atoms with E-state index in [-0.39, 0.29) is 11.5 Å². The Balaban J connectivity index is 1.55. The summed E-state index contributed by atoms with van der Waals surface area (Å²) in [4.78, 5) is 2.28. The summed E-state index contributed by atoms with van der Waals surface area (Å²) >= 11 is 0. The fourth-order valence-electron chi connectivity index (χ4n) is 5.98. The van der Waals surface area contributed by atoms with Gasteiger partial charge in [0.25, 0.3) is 0 Å². The average Bonchev–Trinajstić information content (AvgIpc) is 3.04. The fourth-order valence-corrected chi connectivity index (χ4v) is 5.98. The van der Waals surface area contributed by atoms with Gasteiger partial charge in [0.05, 0.1) is 17.1 Å². The molecule has 0 saturated heterocycles. The van der Waals surface area contributed by atoms with Crippen LogP contribution in [0.1, 0.15) is 43.0 Å². The maximum atomic E-state index is 6.46. The minimum Gasteiger partial charge on any atom is -0.403 e. The van der Waals surface area contributed by atoms with Crippen molar-refractivity contribution < 1.29 is 0 Å². The summed E-state index contributed by atoms with van der Waals surface area (Å²) in [6.45, 7) is 15.0. The van der Waals surface area contributed by atoms with E-state index in [1.54, 1.807) is 6.20 Å². The lowest BCUT2D eigenvalue weighted by molar-refractivity contribution is 0.496. The van der Waals surface area contributed by atoms with Crippen LogP contribution in [0.5, 0.6) is 0 Å². The van der Waals surface area contributed by atoms with E-state index in [9.17, 15) is 0 Å². The first-order valence-corrected chi connectivity index (χ1v) is 15.3. The summed E-state index contributed by atoms with van der Waals surface area (Å²) in [7, 11) is 0. The van der Waals surface area contributed by atoms with Crippen LogP contribution in [0.4, 0.5) is 11.4 Å². The van der Waals surface area contributed by atoms with Gasteiger partial charge in [0, 0.05) is 18.7 Å². The highest BCUT2D eigenvalue weighted by atomic mass is 15.3. The summed E-state index contributed by atoms with van der Waals surface area (Å²) in [6.07, 6.45) is 18.6. The van der Waals surface area contributed by atoms with Gasteiger partial charge in [0.1, 0.15) is 5.82 Å². The second kappa shape index (κ2) is 13.6. The second-order valence-corrected chi connectivity index (χ2v) is 12.4. The molecule has 4 heteroatoms. The van der Waals surface area contributed by atoms with Gasteiger partial charge in [-0.15, -0.1) is 0 Å². The van der Waals surface area contributed by atoms with Gasteiger partial charge in [-0.05, 0) is 76.6 Å². The molecule has 44 heavy (non-hydrogen) atoms. The zero-order valence-electron chi connectivity index (χ0n) is 26.2. The number of anilines is 2. The molecule has 0 saturated carbocycles. The van der Waals surface area contributed by atoms with Gasteiger partial charge in [-0.25, -0.2) is 0 Å². The zero-order chi connectivity index (χ0) is 31.1. The van der Waals surface area contributed by atoms with E-state index in [0.29, 0.717) is 0 Å². The topological polar surface area (TPSA) is 53.3 Å². The van der Waals surface area contributed by atoms with Gasteiger partial charge in [0.15, 0.2) is 0 Å². The second-order valence-electron chi connectivity index (χ2n) is 12.4. The summed E-state index contributed by atoms with van der Waals surface area (Å²) in [5, 5.41) is 7.40. The van der Waals surface area contributed by atoms with Crippen molar-refractivity contribution in [3.8, 4) is 0 Å². The number of nitrogens with two attached hydrogens (primary N) is 1. The van der Waals surface area contributed by atoms with Crippen LogP contribution in [-0.4, -0.2) is 6.04 Å². The number of para-hydroxylation sites is 2. The molecule has 0 aliphatic carbocycles. The van der Waals surface area contributed by atoms with Crippen LogP contribution in [0, 0.1) is 5.41 Å². The fraction of sp³-hybridized carbons (Fsp3) is 0.200. The summed E-state index contributed by atoms with van der Waals surface area (Å²) in [6, 6.07) is 25.8. The molecule has 0 spiro atoms. The molecule has 5 rings (SSSR count). The standard InChI is InChI=1S/C40H44N4/c1-6-15-39(44-37-21-11-9-19-32(37)25-33-20-10-12-22-38(33)44)43-36(28-41)35(40(3,4)5)27-34-26-31-18-8-7-17-30(31)24-29(2)16-13-14-23-42-34/h6-23,27-28,34,42-43H,1-2,24-26,41H2,3-5H3/b16-13-,23-14-,35-27+,36-28+,39-15+. The van der Waals surface area contributed by atoms with Crippen molar-refractivity contribution in [3.63, 3.8) is 0 Å². The molecule has 1 atom stereocenters. The highest BCUT2D eigenvalue weighted by molar-refractivity contribution is 5.78. The van der Waals surface area contributed by atoms with Crippen molar-refractivity contribution in [1.82, 2.24) is 10.6 Å². The van der Waals surface area contributed by atoms with Gasteiger partial charge >= 0.3 is 0 Å². The molecule has 0 amide bonds. The van der Waals surface area contributed by atoms with Gasteiger partial charge in [0.2, 0.25) is 0 Å². The predicted octanol–water partition coefficient (Wildman–Crippen LogP) is 8.50. The molecular weight excluding hydrogens is 536 g/mol. The number of benzene rings is 3. The normalized spacial score (nSPS) is 19.0. The van der Waals surface area contributed by atoms with Crippen LogP contribution in [0.15, 0.2) is 157 Å². The van der Waals surface area contributed by atoms with Crippen LogP contribution in [0.25, 0.3) is 0 Å². The molecule has 0 bridgehead atoms. The third-order valence-electron chi connectivity index (χ3n) is 8.08. The first kappa shape index (κ1) is 30.5. The van der Waals surface area contributed by atoms with Crippen molar-refractivity contribution in [2.75, 3.05) is 4.90 Å². The Morgan fingerprint density at radius 3 is 2.11 bits per heavy atom. The van der Waals surface area contributed by atoms with Crippen LogP contribution in [0.3, 0.4) is 0 Å². The molecule has 1 unspecified atom stereocenters. The Morgan fingerprint density at radius 2 is 1.50 bits per heavy atom. The summed E-state index contributed by atoms with van der Waals surface area (Å²) < 4.78 is 0. The first-order valence-electron chi connectivity index (χ1n) is 15.3. The molecule has 0 fully saturated rings. The number of hydrogen-bond donors (Lipinski definition) is 3. The number of nitrogens with zero attached hydrogens (tertiary/aromatic N) is 1. The molecule has 4 nitrogen and oxygen atoms in total. The number of fused-ring (bicyclic) bond motifs is 3. The zero-order valence-corrected chi connectivity index (χ0v) is 26.2. The van der Waals surface area contributed by atoms with E-state index >= 15 is 0 Å². The number of rotatable bonds is 6. The van der Waals surface area contributed by atoms with E-state index < -0.39 is 0 Å². The lowest BCUT2D eigenvalue weighted by Crippen LogP contribution is -2.34. The van der Waals surface area contributed by atoms with E-state index in [1.165, 1.54) is 22.3 Å². The molecule has 224 valence electrons. The van der Waals surface area contributed by atoms with E-state index in [0.717, 1.165) is 53.3 Å². The van der Waals surface area contributed by atoms with Crippen molar-refractivity contribution in [2.24, 2.45) is 11.1 Å². The van der Waals surface area contributed by atoms with Gasteiger partial charge in [-0.3, -0.25) is 4.90 Å². The molecular formula is C40H44N4. The van der Waals surface area contributed by atoms with Crippen molar-refractivity contribution in [1.29, 1.82) is 0 Å². The van der Waals surface area contributed by atoms with Crippen LogP contribution in [0.2, 0.25) is 0 Å². The lowest BCUT2D eigenvalue weighted by atomic mass is 9.82. The quantitative estimate of drug-likeness (QED) is 0.256. The third-order valence-corrected chi connectivity index (χ3v) is 8.08. The molecule has 0 radical (unpaired) electrons. The molecule has 3 aromatic carbocycles. The van der Waals surface area contributed by atoms with Gasteiger partial charge in [-0.2, -0.15) is 0 Å². The molecule has 4 N–H and O–H groups in total. The van der Waals surface area contributed by atoms with Crippen molar-refractivity contribution in [3.05, 3.63) is 180 Å². The highest BCUT2D eigenvalue weighted by Gasteiger charge is 2.28. The van der Waals surface area contributed by atoms with Crippen molar-refractivity contribution in [2.45, 2.75) is 46.1 Å². The average molecular weight is 581 g/mol. The van der Waals surface area contributed by atoms with E-state index in [2.05, 4.69) is 134 Å². The number of allylic oxidation sites excluding steroid dienone is 7. The number of nitrogens with one attached hydrogen (secondary N) is 2. The predicted molar refractivity (Wildman–Crippen MR) is 187 cm³/mol. The maximum Gasteiger partial charge on any atom is 0.115 e.